The van der Waals surface area contributed by atoms with E-state index in [1.54, 1.807) is 0 Å². The fraction of sp³-hybridized carbons (Fsp3) is 0.938. The van der Waals surface area contributed by atoms with Gasteiger partial charge in [-0.2, -0.15) is 0 Å². The van der Waals surface area contributed by atoms with Crippen LogP contribution in [0.25, 0.3) is 0 Å². The van der Waals surface area contributed by atoms with Crippen molar-refractivity contribution in [1.82, 2.24) is 10.2 Å². The molecule has 0 radical (unpaired) electrons. The minimum Gasteiger partial charge on any atom is -0.466 e. The van der Waals surface area contributed by atoms with E-state index in [2.05, 4.69) is 10.2 Å². The van der Waals surface area contributed by atoms with Crippen molar-refractivity contribution in [2.45, 2.75) is 51.9 Å². The van der Waals surface area contributed by atoms with E-state index in [4.69, 9.17) is 4.74 Å². The van der Waals surface area contributed by atoms with Gasteiger partial charge in [-0.3, -0.25) is 4.79 Å². The first kappa shape index (κ1) is 17.4. The molecule has 4 nitrogen and oxygen atoms in total. The second-order valence-corrected chi connectivity index (χ2v) is 5.79. The molecule has 4 heteroatoms. The molecule has 0 amide bonds. The third-order valence-corrected chi connectivity index (χ3v) is 4.17. The molecule has 0 atom stereocenters. The highest BCUT2D eigenvalue weighted by atomic mass is 16.5. The minimum absolute atomic E-state index is 0.0437. The number of carbonyl (C=O) groups excluding carboxylic acids is 1. The lowest BCUT2D eigenvalue weighted by Crippen LogP contribution is -2.35. The van der Waals surface area contributed by atoms with Crippen molar-refractivity contribution < 1.29 is 9.53 Å². The highest BCUT2D eigenvalue weighted by Gasteiger charge is 2.18. The SMILES string of the molecule is CCOC(=O)CCCCCN1CCC(CCNC)CC1. The second kappa shape index (κ2) is 11.1. The van der Waals surface area contributed by atoms with Crippen LogP contribution in [0.4, 0.5) is 0 Å². The van der Waals surface area contributed by atoms with Crippen molar-refractivity contribution in [2.75, 3.05) is 39.8 Å². The van der Waals surface area contributed by atoms with Crippen molar-refractivity contribution in [2.24, 2.45) is 5.92 Å². The Hall–Kier alpha value is -0.610. The first-order valence-corrected chi connectivity index (χ1v) is 8.28. The van der Waals surface area contributed by atoms with Crippen molar-refractivity contribution >= 4 is 5.97 Å². The summed E-state index contributed by atoms with van der Waals surface area (Å²) in [6.07, 6.45) is 7.93. The Balaban J connectivity index is 1.95. The van der Waals surface area contributed by atoms with E-state index in [0.717, 1.165) is 25.3 Å². The summed E-state index contributed by atoms with van der Waals surface area (Å²) in [5, 5.41) is 3.24. The summed E-state index contributed by atoms with van der Waals surface area (Å²) in [5.74, 6) is 0.875. The molecule has 0 aliphatic carbocycles. The third-order valence-electron chi connectivity index (χ3n) is 4.17. The van der Waals surface area contributed by atoms with Crippen LogP contribution in [0.15, 0.2) is 0 Å². The van der Waals surface area contributed by atoms with Crippen molar-refractivity contribution in [3.05, 3.63) is 0 Å². The number of piperidine rings is 1. The van der Waals surface area contributed by atoms with Crippen LogP contribution in [0.2, 0.25) is 0 Å². The van der Waals surface area contributed by atoms with E-state index in [1.165, 1.54) is 45.3 Å². The summed E-state index contributed by atoms with van der Waals surface area (Å²) in [5.41, 5.74) is 0. The van der Waals surface area contributed by atoms with E-state index >= 15 is 0 Å². The zero-order chi connectivity index (χ0) is 14.6. The fourth-order valence-corrected chi connectivity index (χ4v) is 2.86. The number of nitrogens with zero attached hydrogens (tertiary/aromatic N) is 1. The summed E-state index contributed by atoms with van der Waals surface area (Å²) in [6.45, 7) is 7.22. The van der Waals surface area contributed by atoms with E-state index < -0.39 is 0 Å². The number of hydrogen-bond donors (Lipinski definition) is 1. The maximum absolute atomic E-state index is 11.2. The monoisotopic (exact) mass is 284 g/mol. The summed E-state index contributed by atoms with van der Waals surface area (Å²) in [6, 6.07) is 0. The molecular weight excluding hydrogens is 252 g/mol. The highest BCUT2D eigenvalue weighted by Crippen LogP contribution is 2.20. The minimum atomic E-state index is -0.0437. The number of rotatable bonds is 10. The molecule has 0 aromatic carbocycles. The van der Waals surface area contributed by atoms with Crippen LogP contribution in [0.5, 0.6) is 0 Å². The lowest BCUT2D eigenvalue weighted by Gasteiger charge is -2.31. The zero-order valence-corrected chi connectivity index (χ0v) is 13.3. The Labute approximate surface area is 124 Å². The third kappa shape index (κ3) is 7.85. The maximum Gasteiger partial charge on any atom is 0.305 e. The van der Waals surface area contributed by atoms with Gasteiger partial charge in [0.1, 0.15) is 0 Å². The molecule has 1 saturated heterocycles. The van der Waals surface area contributed by atoms with Crippen molar-refractivity contribution in [1.29, 1.82) is 0 Å². The van der Waals surface area contributed by atoms with Crippen molar-refractivity contribution in [3.63, 3.8) is 0 Å². The number of hydrogen-bond acceptors (Lipinski definition) is 4. The van der Waals surface area contributed by atoms with Gasteiger partial charge in [-0.05, 0) is 78.2 Å². The van der Waals surface area contributed by atoms with Crippen LogP contribution >= 0.6 is 0 Å². The predicted octanol–water partition coefficient (Wildman–Crippen LogP) is 2.43. The molecular formula is C16H32N2O2. The van der Waals surface area contributed by atoms with Gasteiger partial charge >= 0.3 is 5.97 Å². The van der Waals surface area contributed by atoms with Crippen LogP contribution in [0, 0.1) is 5.92 Å². The van der Waals surface area contributed by atoms with E-state index in [9.17, 15) is 4.79 Å². The fourth-order valence-electron chi connectivity index (χ4n) is 2.86. The largest absolute Gasteiger partial charge is 0.466 e. The van der Waals surface area contributed by atoms with Crippen LogP contribution in [-0.2, 0) is 9.53 Å². The summed E-state index contributed by atoms with van der Waals surface area (Å²) in [4.78, 5) is 13.8. The molecule has 20 heavy (non-hydrogen) atoms. The molecule has 118 valence electrons. The van der Waals surface area contributed by atoms with Gasteiger partial charge in [-0.15, -0.1) is 0 Å². The summed E-state index contributed by atoms with van der Waals surface area (Å²) < 4.78 is 4.93. The normalized spacial score (nSPS) is 17.3. The lowest BCUT2D eigenvalue weighted by atomic mass is 9.93. The molecule has 1 heterocycles. The zero-order valence-electron chi connectivity index (χ0n) is 13.3. The Bertz CT molecular complexity index is 251. The van der Waals surface area contributed by atoms with Crippen molar-refractivity contribution in [3.8, 4) is 0 Å². The van der Waals surface area contributed by atoms with Crippen LogP contribution in [0.1, 0.15) is 51.9 Å². The van der Waals surface area contributed by atoms with E-state index in [1.807, 2.05) is 14.0 Å². The Kier molecular flexibility index (Phi) is 9.67. The Morgan fingerprint density at radius 2 is 2.00 bits per heavy atom. The number of nitrogens with one attached hydrogen (secondary N) is 1. The van der Waals surface area contributed by atoms with Gasteiger partial charge < -0.3 is 15.0 Å². The molecule has 0 spiro atoms. The quantitative estimate of drug-likeness (QED) is 0.494. The van der Waals surface area contributed by atoms with Gasteiger partial charge in [0.25, 0.3) is 0 Å². The number of carbonyl (C=O) groups is 1. The molecule has 1 rings (SSSR count). The molecule has 0 bridgehead atoms. The van der Waals surface area contributed by atoms with E-state index in [0.29, 0.717) is 13.0 Å². The molecule has 1 fully saturated rings. The lowest BCUT2D eigenvalue weighted by molar-refractivity contribution is -0.143. The van der Waals surface area contributed by atoms with Gasteiger partial charge in [0.15, 0.2) is 0 Å². The van der Waals surface area contributed by atoms with Crippen LogP contribution < -0.4 is 5.32 Å². The molecule has 0 unspecified atom stereocenters. The van der Waals surface area contributed by atoms with Gasteiger partial charge in [0.2, 0.25) is 0 Å². The van der Waals surface area contributed by atoms with Gasteiger partial charge in [-0.1, -0.05) is 6.42 Å². The Morgan fingerprint density at radius 1 is 1.25 bits per heavy atom. The van der Waals surface area contributed by atoms with Crippen LogP contribution in [0.3, 0.4) is 0 Å². The first-order chi connectivity index (χ1) is 9.76. The maximum atomic E-state index is 11.2. The molecule has 0 aromatic rings. The first-order valence-electron chi connectivity index (χ1n) is 8.28. The number of esters is 1. The smallest absolute Gasteiger partial charge is 0.305 e. The predicted molar refractivity (Wildman–Crippen MR) is 82.8 cm³/mol. The molecule has 1 N–H and O–H groups in total. The highest BCUT2D eigenvalue weighted by molar-refractivity contribution is 5.69. The average molecular weight is 284 g/mol. The summed E-state index contributed by atoms with van der Waals surface area (Å²) in [7, 11) is 2.03. The number of ether oxygens (including phenoxy) is 1. The second-order valence-electron chi connectivity index (χ2n) is 5.79. The van der Waals surface area contributed by atoms with Gasteiger partial charge in [0.05, 0.1) is 6.61 Å². The molecule has 1 aliphatic heterocycles. The van der Waals surface area contributed by atoms with Gasteiger partial charge in [-0.25, -0.2) is 0 Å². The van der Waals surface area contributed by atoms with E-state index in [-0.39, 0.29) is 5.97 Å². The average Bonchev–Trinajstić information content (AvgIpc) is 2.46. The number of unbranched alkanes of at least 4 members (excludes halogenated alkanes) is 2. The van der Waals surface area contributed by atoms with Crippen LogP contribution in [-0.4, -0.2) is 50.7 Å². The molecule has 1 aliphatic rings. The Morgan fingerprint density at radius 3 is 2.65 bits per heavy atom. The molecule has 0 saturated carbocycles. The summed E-state index contributed by atoms with van der Waals surface area (Å²) >= 11 is 0. The standard InChI is InChI=1S/C16H32N2O2/c1-3-20-16(19)7-5-4-6-12-18-13-9-15(10-14-18)8-11-17-2/h15,17H,3-14H2,1-2H3. The van der Waals surface area contributed by atoms with Gasteiger partial charge in [0, 0.05) is 6.42 Å². The number of likely N-dealkylation sites (tertiary alicyclic amines) is 1. The molecule has 0 aromatic heterocycles. The topological polar surface area (TPSA) is 41.6 Å².